The van der Waals surface area contributed by atoms with Crippen LogP contribution in [-0.2, 0) is 16.1 Å². The molecule has 21 heavy (non-hydrogen) atoms. The molecule has 0 radical (unpaired) electrons. The molecule has 0 bridgehead atoms. The lowest BCUT2D eigenvalue weighted by atomic mass is 10.1. The summed E-state index contributed by atoms with van der Waals surface area (Å²) in [6.07, 6.45) is 0.425. The molecule has 0 unspecified atom stereocenters. The van der Waals surface area contributed by atoms with Gasteiger partial charge in [-0.15, -0.1) is 0 Å². The summed E-state index contributed by atoms with van der Waals surface area (Å²) >= 11 is 0. The predicted octanol–water partition coefficient (Wildman–Crippen LogP) is 0.725. The van der Waals surface area contributed by atoms with Gasteiger partial charge in [-0.25, -0.2) is 0 Å². The van der Waals surface area contributed by atoms with E-state index in [-0.39, 0.29) is 11.8 Å². The molecule has 0 aromatic heterocycles. The van der Waals surface area contributed by atoms with Gasteiger partial charge in [0.1, 0.15) is 0 Å². The second-order valence-corrected chi connectivity index (χ2v) is 5.26. The van der Waals surface area contributed by atoms with Gasteiger partial charge in [0.15, 0.2) is 0 Å². The quantitative estimate of drug-likeness (QED) is 0.837. The van der Waals surface area contributed by atoms with Crippen molar-refractivity contribution < 1.29 is 19.5 Å². The molecule has 0 saturated heterocycles. The molecule has 2 N–H and O–H groups in total. The fraction of sp³-hybridized carbons (Fsp3) is 0.400. The van der Waals surface area contributed by atoms with E-state index < -0.39 is 17.8 Å². The number of nitrogens with zero attached hydrogens (tertiary/aromatic N) is 1. The number of aliphatic carboxylic acids is 1. The molecule has 6 heteroatoms. The smallest absolute Gasteiger partial charge is 0.307 e. The highest BCUT2D eigenvalue weighted by Crippen LogP contribution is 2.40. The topological polar surface area (TPSA) is 86.7 Å². The molecule has 0 heterocycles. The Labute approximate surface area is 122 Å². The largest absolute Gasteiger partial charge is 0.481 e. The molecule has 2 atom stereocenters. The second kappa shape index (κ2) is 5.95. The Kier molecular flexibility index (Phi) is 4.26. The van der Waals surface area contributed by atoms with Crippen LogP contribution in [-0.4, -0.2) is 41.9 Å². The molecule has 1 aromatic carbocycles. The maximum absolute atomic E-state index is 12.0. The second-order valence-electron chi connectivity index (χ2n) is 5.26. The summed E-state index contributed by atoms with van der Waals surface area (Å²) in [6.45, 7) is 0.399. The molecule has 2 amide bonds. The van der Waals surface area contributed by atoms with Gasteiger partial charge < -0.3 is 15.3 Å². The molecular formula is C15H18N2O4. The number of rotatable bonds is 5. The number of hydrogen-bond donors (Lipinski definition) is 2. The van der Waals surface area contributed by atoms with Crippen molar-refractivity contribution in [1.82, 2.24) is 10.2 Å². The van der Waals surface area contributed by atoms with E-state index in [2.05, 4.69) is 5.32 Å². The van der Waals surface area contributed by atoms with Crippen molar-refractivity contribution in [2.24, 2.45) is 11.8 Å². The third kappa shape index (κ3) is 3.39. The minimum atomic E-state index is -0.906. The number of benzene rings is 1. The number of carbonyl (C=O) groups excluding carboxylic acids is 2. The van der Waals surface area contributed by atoms with Gasteiger partial charge in [0.2, 0.25) is 5.91 Å². The van der Waals surface area contributed by atoms with E-state index in [0.717, 1.165) is 5.56 Å². The van der Waals surface area contributed by atoms with E-state index in [1.165, 1.54) is 4.90 Å². The molecule has 2 rings (SSSR count). The fourth-order valence-corrected chi connectivity index (χ4v) is 2.28. The molecule has 0 aliphatic heterocycles. The fourth-order valence-electron chi connectivity index (χ4n) is 2.28. The monoisotopic (exact) mass is 290 g/mol. The zero-order valence-electron chi connectivity index (χ0n) is 12.0. The lowest BCUT2D eigenvalue weighted by molar-refractivity contribution is -0.141. The van der Waals surface area contributed by atoms with Crippen LogP contribution in [0, 0.1) is 11.8 Å². The van der Waals surface area contributed by atoms with Crippen LogP contribution >= 0.6 is 0 Å². The van der Waals surface area contributed by atoms with Crippen LogP contribution in [0.3, 0.4) is 0 Å². The molecule has 1 aliphatic rings. The van der Waals surface area contributed by atoms with Crippen LogP contribution in [0.25, 0.3) is 0 Å². The third-order valence-corrected chi connectivity index (χ3v) is 3.66. The van der Waals surface area contributed by atoms with E-state index in [4.69, 9.17) is 5.11 Å². The van der Waals surface area contributed by atoms with Crippen LogP contribution in [0.2, 0.25) is 0 Å². The van der Waals surface area contributed by atoms with Crippen LogP contribution in [0.5, 0.6) is 0 Å². The Balaban J connectivity index is 1.94. The first kappa shape index (κ1) is 15.0. The molecular weight excluding hydrogens is 272 g/mol. The first-order valence-electron chi connectivity index (χ1n) is 6.73. The van der Waals surface area contributed by atoms with Crippen molar-refractivity contribution >= 4 is 17.8 Å². The highest BCUT2D eigenvalue weighted by Gasteiger charge is 2.49. The summed E-state index contributed by atoms with van der Waals surface area (Å²) in [5.74, 6) is -2.13. The van der Waals surface area contributed by atoms with Crippen molar-refractivity contribution in [3.8, 4) is 0 Å². The van der Waals surface area contributed by atoms with Gasteiger partial charge in [-0.05, 0) is 24.1 Å². The SMILES string of the molecule is CNC(=O)c1ccc(CN(C)C(=O)[C@H]2C[C@@H]2C(=O)O)cc1. The zero-order chi connectivity index (χ0) is 15.6. The average molecular weight is 290 g/mol. The molecule has 0 spiro atoms. The number of carbonyl (C=O) groups is 3. The van der Waals surface area contributed by atoms with Crippen LogP contribution in [0.15, 0.2) is 24.3 Å². The van der Waals surface area contributed by atoms with Crippen molar-refractivity contribution in [2.75, 3.05) is 14.1 Å². The van der Waals surface area contributed by atoms with Crippen LogP contribution in [0.1, 0.15) is 22.3 Å². The zero-order valence-corrected chi connectivity index (χ0v) is 12.0. The third-order valence-electron chi connectivity index (χ3n) is 3.66. The highest BCUT2D eigenvalue weighted by molar-refractivity contribution is 5.94. The van der Waals surface area contributed by atoms with Crippen molar-refractivity contribution in [3.63, 3.8) is 0 Å². The molecule has 112 valence electrons. The maximum atomic E-state index is 12.0. The number of amides is 2. The van der Waals surface area contributed by atoms with E-state index in [0.29, 0.717) is 18.5 Å². The summed E-state index contributed by atoms with van der Waals surface area (Å²) in [4.78, 5) is 35.8. The van der Waals surface area contributed by atoms with Gasteiger partial charge in [0.25, 0.3) is 5.91 Å². The van der Waals surface area contributed by atoms with E-state index >= 15 is 0 Å². The van der Waals surface area contributed by atoms with Crippen molar-refractivity contribution in [3.05, 3.63) is 35.4 Å². The lowest BCUT2D eigenvalue weighted by Crippen LogP contribution is -2.28. The average Bonchev–Trinajstić information content (AvgIpc) is 3.27. The number of carboxylic acid groups (broad SMARTS) is 1. The number of hydrogen-bond acceptors (Lipinski definition) is 3. The Bertz CT molecular complexity index is 568. The lowest BCUT2D eigenvalue weighted by Gasteiger charge is -2.17. The van der Waals surface area contributed by atoms with E-state index in [1.54, 1.807) is 38.4 Å². The van der Waals surface area contributed by atoms with Crippen molar-refractivity contribution in [1.29, 1.82) is 0 Å². The van der Waals surface area contributed by atoms with Crippen LogP contribution in [0.4, 0.5) is 0 Å². The Morgan fingerprint density at radius 3 is 2.33 bits per heavy atom. The first-order chi connectivity index (χ1) is 9.93. The Hall–Kier alpha value is -2.37. The normalized spacial score (nSPS) is 19.7. The van der Waals surface area contributed by atoms with Crippen LogP contribution < -0.4 is 5.32 Å². The standard InChI is InChI=1S/C15H18N2O4/c1-16-13(18)10-5-3-9(4-6-10)8-17(2)14(19)11-7-12(11)15(20)21/h3-6,11-12H,7-8H2,1-2H3,(H,16,18)(H,20,21)/t11-,12-/m0/s1. The van der Waals surface area contributed by atoms with Crippen molar-refractivity contribution in [2.45, 2.75) is 13.0 Å². The minimum absolute atomic E-state index is 0.141. The highest BCUT2D eigenvalue weighted by atomic mass is 16.4. The first-order valence-corrected chi connectivity index (χ1v) is 6.73. The predicted molar refractivity (Wildman–Crippen MR) is 75.5 cm³/mol. The van der Waals surface area contributed by atoms with Gasteiger partial charge in [-0.2, -0.15) is 0 Å². The van der Waals surface area contributed by atoms with Gasteiger partial charge in [0.05, 0.1) is 11.8 Å². The van der Waals surface area contributed by atoms with Gasteiger partial charge in [0, 0.05) is 26.2 Å². The molecule has 1 aromatic rings. The van der Waals surface area contributed by atoms with Gasteiger partial charge >= 0.3 is 5.97 Å². The summed E-state index contributed by atoms with van der Waals surface area (Å²) in [5, 5.41) is 11.4. The van der Waals surface area contributed by atoms with Gasteiger partial charge in [-0.1, -0.05) is 12.1 Å². The summed E-state index contributed by atoms with van der Waals surface area (Å²) < 4.78 is 0. The maximum Gasteiger partial charge on any atom is 0.307 e. The molecule has 1 fully saturated rings. The summed E-state index contributed by atoms with van der Waals surface area (Å²) in [6, 6.07) is 6.97. The number of carboxylic acids is 1. The Morgan fingerprint density at radius 1 is 1.24 bits per heavy atom. The van der Waals surface area contributed by atoms with Gasteiger partial charge in [-0.3, -0.25) is 14.4 Å². The molecule has 6 nitrogen and oxygen atoms in total. The van der Waals surface area contributed by atoms with E-state index in [1.807, 2.05) is 0 Å². The summed E-state index contributed by atoms with van der Waals surface area (Å²) in [5.41, 5.74) is 1.45. The minimum Gasteiger partial charge on any atom is -0.481 e. The van der Waals surface area contributed by atoms with E-state index in [9.17, 15) is 14.4 Å². The molecule has 1 aliphatic carbocycles. The number of nitrogens with one attached hydrogen (secondary N) is 1. The Morgan fingerprint density at radius 2 is 1.86 bits per heavy atom. The summed E-state index contributed by atoms with van der Waals surface area (Å²) in [7, 11) is 3.23. The molecule has 1 saturated carbocycles.